The number of aryl methyl sites for hydroxylation is 2. The number of carbonyl (C=O) groups excluding carboxylic acids is 2. The van der Waals surface area contributed by atoms with Crippen LogP contribution in [0.3, 0.4) is 0 Å². The molecule has 1 unspecified atom stereocenters. The maximum absolute atomic E-state index is 12.8. The second kappa shape index (κ2) is 7.56. The molecular formula is C18H28N4O3. The first kappa shape index (κ1) is 17.9. The van der Waals surface area contributed by atoms with Gasteiger partial charge in [-0.05, 0) is 38.7 Å². The smallest absolute Gasteiger partial charge is 0.245 e. The third-order valence-electron chi connectivity index (χ3n) is 5.43. The third-order valence-corrected chi connectivity index (χ3v) is 5.43. The van der Waals surface area contributed by atoms with E-state index in [9.17, 15) is 9.59 Å². The number of likely N-dealkylation sites (tertiary alicyclic amines) is 1. The molecule has 1 aromatic rings. The van der Waals surface area contributed by atoms with Gasteiger partial charge in [-0.25, -0.2) is 0 Å². The summed E-state index contributed by atoms with van der Waals surface area (Å²) in [4.78, 5) is 29.1. The summed E-state index contributed by atoms with van der Waals surface area (Å²) in [6.07, 6.45) is 2.78. The van der Waals surface area contributed by atoms with E-state index in [-0.39, 0.29) is 17.9 Å². The van der Waals surface area contributed by atoms with Gasteiger partial charge in [0.15, 0.2) is 0 Å². The lowest BCUT2D eigenvalue weighted by atomic mass is 10.1. The van der Waals surface area contributed by atoms with Crippen molar-refractivity contribution in [1.29, 1.82) is 0 Å². The molecule has 2 aliphatic rings. The minimum atomic E-state index is -0.290. The molecule has 0 N–H and O–H groups in total. The van der Waals surface area contributed by atoms with Crippen LogP contribution in [0.1, 0.15) is 36.2 Å². The number of hydrogen-bond acceptors (Lipinski definition) is 4. The fraction of sp³-hybridized carbons (Fsp3) is 0.722. The standard InChI is InChI=1S/C18H28N4O3/c1-13-15(14(2)20(3)19-13)6-7-17(23)22-8-4-5-16(22)18(24)21-9-11-25-12-10-21/h16H,4-12H2,1-3H3. The largest absolute Gasteiger partial charge is 0.378 e. The second-order valence-electron chi connectivity index (χ2n) is 6.96. The lowest BCUT2D eigenvalue weighted by molar-refractivity contribution is -0.146. The van der Waals surface area contributed by atoms with Crippen molar-refractivity contribution in [2.24, 2.45) is 7.05 Å². The molecule has 1 atom stereocenters. The van der Waals surface area contributed by atoms with E-state index in [0.717, 1.165) is 29.8 Å². The Hall–Kier alpha value is -1.89. The number of carbonyl (C=O) groups is 2. The highest BCUT2D eigenvalue weighted by Gasteiger charge is 2.36. The molecule has 0 saturated carbocycles. The molecule has 7 heteroatoms. The highest BCUT2D eigenvalue weighted by Crippen LogP contribution is 2.22. The van der Waals surface area contributed by atoms with Crippen LogP contribution in [0.5, 0.6) is 0 Å². The summed E-state index contributed by atoms with van der Waals surface area (Å²) in [6.45, 7) is 7.13. The molecule has 0 bridgehead atoms. The first-order valence-electron chi connectivity index (χ1n) is 9.14. The Morgan fingerprint density at radius 2 is 1.92 bits per heavy atom. The lowest BCUT2D eigenvalue weighted by Gasteiger charge is -2.32. The van der Waals surface area contributed by atoms with Gasteiger partial charge in [0.2, 0.25) is 11.8 Å². The van der Waals surface area contributed by atoms with Crippen molar-refractivity contribution < 1.29 is 14.3 Å². The van der Waals surface area contributed by atoms with Crippen molar-refractivity contribution in [1.82, 2.24) is 19.6 Å². The number of ether oxygens (including phenoxy) is 1. The summed E-state index contributed by atoms with van der Waals surface area (Å²) in [5.74, 6) is 0.162. The molecular weight excluding hydrogens is 320 g/mol. The van der Waals surface area contributed by atoms with Gasteiger partial charge in [0.25, 0.3) is 0 Å². The van der Waals surface area contributed by atoms with Gasteiger partial charge in [0, 0.05) is 38.8 Å². The Morgan fingerprint density at radius 3 is 2.56 bits per heavy atom. The van der Waals surface area contributed by atoms with Crippen LogP contribution in [-0.2, 0) is 27.8 Å². The van der Waals surface area contributed by atoms with E-state index in [1.54, 1.807) is 4.90 Å². The van der Waals surface area contributed by atoms with E-state index < -0.39 is 0 Å². The Bertz CT molecular complexity index is 649. The Kier molecular flexibility index (Phi) is 5.42. The molecule has 0 radical (unpaired) electrons. The molecule has 2 fully saturated rings. The first-order valence-corrected chi connectivity index (χ1v) is 9.14. The zero-order chi connectivity index (χ0) is 18.0. The van der Waals surface area contributed by atoms with Crippen LogP contribution >= 0.6 is 0 Å². The number of aromatic nitrogens is 2. The maximum atomic E-state index is 12.8. The topological polar surface area (TPSA) is 67.7 Å². The average molecular weight is 348 g/mol. The number of nitrogens with zero attached hydrogens (tertiary/aromatic N) is 4. The van der Waals surface area contributed by atoms with E-state index in [2.05, 4.69) is 5.10 Å². The Morgan fingerprint density at radius 1 is 1.20 bits per heavy atom. The molecule has 2 saturated heterocycles. The second-order valence-corrected chi connectivity index (χ2v) is 6.96. The van der Waals surface area contributed by atoms with Gasteiger partial charge in [0.05, 0.1) is 18.9 Å². The number of morpholine rings is 1. The van der Waals surface area contributed by atoms with Gasteiger partial charge in [-0.3, -0.25) is 14.3 Å². The van der Waals surface area contributed by atoms with Gasteiger partial charge >= 0.3 is 0 Å². The Labute approximate surface area is 148 Å². The van der Waals surface area contributed by atoms with Gasteiger partial charge in [0.1, 0.15) is 6.04 Å². The fourth-order valence-electron chi connectivity index (χ4n) is 3.87. The van der Waals surface area contributed by atoms with E-state index in [1.165, 1.54) is 0 Å². The van der Waals surface area contributed by atoms with E-state index >= 15 is 0 Å². The van der Waals surface area contributed by atoms with Crippen LogP contribution < -0.4 is 0 Å². The maximum Gasteiger partial charge on any atom is 0.245 e. The summed E-state index contributed by atoms with van der Waals surface area (Å²) in [5.41, 5.74) is 3.23. The van der Waals surface area contributed by atoms with Crippen LogP contribution in [0.2, 0.25) is 0 Å². The minimum Gasteiger partial charge on any atom is -0.378 e. The summed E-state index contributed by atoms with van der Waals surface area (Å²) in [5, 5.41) is 4.41. The van der Waals surface area contributed by atoms with Crippen LogP contribution in [0.4, 0.5) is 0 Å². The normalized spacial score (nSPS) is 21.0. The van der Waals surface area contributed by atoms with Gasteiger partial charge in [-0.1, -0.05) is 0 Å². The molecule has 2 amide bonds. The van der Waals surface area contributed by atoms with Gasteiger partial charge in [-0.2, -0.15) is 5.10 Å². The first-order chi connectivity index (χ1) is 12.0. The van der Waals surface area contributed by atoms with Crippen molar-refractivity contribution in [3.8, 4) is 0 Å². The zero-order valence-electron chi connectivity index (χ0n) is 15.5. The van der Waals surface area contributed by atoms with Crippen LogP contribution in [0, 0.1) is 13.8 Å². The van der Waals surface area contributed by atoms with Crippen molar-refractivity contribution in [3.63, 3.8) is 0 Å². The lowest BCUT2D eigenvalue weighted by Crippen LogP contribution is -2.51. The molecule has 1 aromatic heterocycles. The van der Waals surface area contributed by atoms with E-state index in [0.29, 0.717) is 45.7 Å². The molecule has 0 aromatic carbocycles. The molecule has 2 aliphatic heterocycles. The van der Waals surface area contributed by atoms with Gasteiger partial charge < -0.3 is 14.5 Å². The highest BCUT2D eigenvalue weighted by atomic mass is 16.5. The summed E-state index contributed by atoms with van der Waals surface area (Å²) in [7, 11) is 1.92. The van der Waals surface area contributed by atoms with Crippen molar-refractivity contribution in [2.45, 2.75) is 45.6 Å². The summed E-state index contributed by atoms with van der Waals surface area (Å²) in [6, 6.07) is -0.290. The van der Waals surface area contributed by atoms with Crippen LogP contribution in [0.25, 0.3) is 0 Å². The molecule has 25 heavy (non-hydrogen) atoms. The SMILES string of the molecule is Cc1nn(C)c(C)c1CCC(=O)N1CCCC1C(=O)N1CCOCC1. The molecule has 138 valence electrons. The van der Waals surface area contributed by atoms with Gasteiger partial charge in [-0.15, -0.1) is 0 Å². The minimum absolute atomic E-state index is 0.0757. The Balaban J connectivity index is 1.61. The quantitative estimate of drug-likeness (QED) is 0.808. The number of rotatable bonds is 4. The van der Waals surface area contributed by atoms with Crippen molar-refractivity contribution in [2.75, 3.05) is 32.8 Å². The molecule has 3 heterocycles. The molecule has 3 rings (SSSR count). The number of hydrogen-bond donors (Lipinski definition) is 0. The summed E-state index contributed by atoms with van der Waals surface area (Å²) < 4.78 is 7.17. The molecule has 0 spiro atoms. The monoisotopic (exact) mass is 348 g/mol. The summed E-state index contributed by atoms with van der Waals surface area (Å²) >= 11 is 0. The van der Waals surface area contributed by atoms with E-state index in [4.69, 9.17) is 4.74 Å². The third kappa shape index (κ3) is 3.71. The molecule has 0 aliphatic carbocycles. The van der Waals surface area contributed by atoms with Crippen LogP contribution in [-0.4, -0.2) is 70.3 Å². The predicted octanol–water partition coefficient (Wildman–Crippen LogP) is 0.819. The molecule has 7 nitrogen and oxygen atoms in total. The zero-order valence-corrected chi connectivity index (χ0v) is 15.5. The van der Waals surface area contributed by atoms with Crippen molar-refractivity contribution in [3.05, 3.63) is 17.0 Å². The van der Waals surface area contributed by atoms with Crippen LogP contribution in [0.15, 0.2) is 0 Å². The number of amides is 2. The average Bonchev–Trinajstić information content (AvgIpc) is 3.19. The fourth-order valence-corrected chi connectivity index (χ4v) is 3.87. The highest BCUT2D eigenvalue weighted by molar-refractivity contribution is 5.88. The van der Waals surface area contributed by atoms with E-state index in [1.807, 2.05) is 30.5 Å². The van der Waals surface area contributed by atoms with Crippen molar-refractivity contribution >= 4 is 11.8 Å². The predicted molar refractivity (Wildman–Crippen MR) is 93.1 cm³/mol.